The minimum absolute atomic E-state index is 0.212. The number of anilines is 2. The van der Waals surface area contributed by atoms with E-state index in [4.69, 9.17) is 33.7 Å². The highest BCUT2D eigenvalue weighted by atomic mass is 35.5. The van der Waals surface area contributed by atoms with Crippen LogP contribution in [0.1, 0.15) is 36.7 Å². The molecule has 0 bridgehead atoms. The first kappa shape index (κ1) is 24.9. The smallest absolute Gasteiger partial charge is 0.257 e. The fourth-order valence-corrected chi connectivity index (χ4v) is 4.74. The number of nitrogens with zero attached hydrogens (tertiary/aromatic N) is 2. The Hall–Kier alpha value is -3.24. The van der Waals surface area contributed by atoms with Crippen molar-refractivity contribution in [2.75, 3.05) is 10.6 Å². The van der Waals surface area contributed by atoms with E-state index in [9.17, 15) is 9.59 Å². The van der Waals surface area contributed by atoms with Crippen LogP contribution in [-0.2, 0) is 10.3 Å². The quantitative estimate of drug-likeness (QED) is 0.273. The zero-order chi connectivity index (χ0) is 25.3. The fraction of sp³-hybridized carbons (Fsp3) is 0.167. The van der Waals surface area contributed by atoms with Gasteiger partial charge >= 0.3 is 0 Å². The molecule has 4 aromatic rings. The van der Waals surface area contributed by atoms with E-state index in [0.717, 1.165) is 0 Å². The second-order valence-electron chi connectivity index (χ2n) is 8.26. The Morgan fingerprint density at radius 3 is 2.54 bits per heavy atom. The van der Waals surface area contributed by atoms with Gasteiger partial charge in [-0.3, -0.25) is 9.59 Å². The predicted molar refractivity (Wildman–Crippen MR) is 140 cm³/mol. The summed E-state index contributed by atoms with van der Waals surface area (Å²) in [5.74, 6) is 0.0769. The van der Waals surface area contributed by atoms with E-state index in [2.05, 4.69) is 20.6 Å². The predicted octanol–water partition coefficient (Wildman–Crippen LogP) is 6.19. The van der Waals surface area contributed by atoms with Crippen LogP contribution in [0.5, 0.6) is 11.6 Å². The lowest BCUT2D eigenvalue weighted by Gasteiger charge is -2.22. The summed E-state index contributed by atoms with van der Waals surface area (Å²) in [4.78, 5) is 33.6. The summed E-state index contributed by atoms with van der Waals surface area (Å²) in [7, 11) is 0. The van der Waals surface area contributed by atoms with Gasteiger partial charge in [0.2, 0.25) is 11.8 Å². The Bertz CT molecular complexity index is 1450. The molecule has 4 rings (SSSR count). The summed E-state index contributed by atoms with van der Waals surface area (Å²) < 4.78 is 5.88. The van der Waals surface area contributed by atoms with Crippen LogP contribution in [0.3, 0.4) is 0 Å². The molecule has 0 radical (unpaired) electrons. The number of rotatable bonds is 6. The van der Waals surface area contributed by atoms with Gasteiger partial charge in [0.1, 0.15) is 16.1 Å². The zero-order valence-electron chi connectivity index (χ0n) is 19.0. The molecule has 2 aromatic carbocycles. The molecule has 0 fully saturated rings. The van der Waals surface area contributed by atoms with Gasteiger partial charge in [0, 0.05) is 24.6 Å². The number of nitrogens with two attached hydrogens (primary N) is 1. The molecular weight excluding hydrogens is 509 g/mol. The second kappa shape index (κ2) is 9.79. The molecule has 2 amide bonds. The number of aromatic nitrogens is 2. The van der Waals surface area contributed by atoms with E-state index in [1.165, 1.54) is 18.3 Å². The lowest BCUT2D eigenvalue weighted by atomic mass is 9.93. The highest BCUT2D eigenvalue weighted by molar-refractivity contribution is 7.21. The van der Waals surface area contributed by atoms with Crippen molar-refractivity contribution in [3.8, 4) is 11.6 Å². The maximum absolute atomic E-state index is 13.0. The Morgan fingerprint density at radius 1 is 1.06 bits per heavy atom. The van der Waals surface area contributed by atoms with Crippen LogP contribution in [-0.4, -0.2) is 21.8 Å². The Kier molecular flexibility index (Phi) is 6.95. The number of carbonyl (C=O) groups is 2. The molecule has 180 valence electrons. The normalized spacial score (nSPS) is 11.4. The second-order valence-corrected chi connectivity index (χ2v) is 10.0. The summed E-state index contributed by atoms with van der Waals surface area (Å²) in [6.45, 7) is 5.03. The van der Waals surface area contributed by atoms with Gasteiger partial charge in [-0.2, -0.15) is 0 Å². The molecule has 0 aliphatic heterocycles. The number of amides is 2. The zero-order valence-corrected chi connectivity index (χ0v) is 21.3. The van der Waals surface area contributed by atoms with E-state index in [0.29, 0.717) is 43.4 Å². The largest absolute Gasteiger partial charge is 0.439 e. The van der Waals surface area contributed by atoms with Gasteiger partial charge in [0.05, 0.1) is 21.3 Å². The third kappa shape index (κ3) is 5.71. The van der Waals surface area contributed by atoms with Gasteiger partial charge in [0.15, 0.2) is 5.13 Å². The standard InChI is InChI=1S/C24H21Cl2N5O3S/c1-12(32)28-23-30-17-9-10-19(31-22(17)35-23)34-13-7-8-16(25)18(11-13)29-21(33)14-5-4-6-15(20(14)26)24(2,3)27/h4-11H,27H2,1-3H3,(H,29,33)(H,28,30,32). The van der Waals surface area contributed by atoms with Crippen LogP contribution in [0.15, 0.2) is 48.5 Å². The third-order valence-electron chi connectivity index (χ3n) is 4.86. The van der Waals surface area contributed by atoms with Gasteiger partial charge in [-0.25, -0.2) is 9.97 Å². The fourth-order valence-electron chi connectivity index (χ4n) is 3.24. The molecule has 0 aliphatic carbocycles. The van der Waals surface area contributed by atoms with Crippen molar-refractivity contribution in [2.24, 2.45) is 5.73 Å². The average molecular weight is 530 g/mol. The number of ether oxygens (including phenoxy) is 1. The number of carbonyl (C=O) groups excluding carboxylic acids is 2. The van der Waals surface area contributed by atoms with Crippen LogP contribution in [0.25, 0.3) is 10.3 Å². The Labute approximate surface area is 215 Å². The number of hydrogen-bond acceptors (Lipinski definition) is 7. The number of nitrogens with one attached hydrogen (secondary N) is 2. The molecule has 0 spiro atoms. The van der Waals surface area contributed by atoms with Crippen LogP contribution >= 0.6 is 34.5 Å². The lowest BCUT2D eigenvalue weighted by molar-refractivity contribution is -0.114. The minimum Gasteiger partial charge on any atom is -0.439 e. The molecule has 8 nitrogen and oxygen atoms in total. The molecule has 2 aromatic heterocycles. The average Bonchev–Trinajstić information content (AvgIpc) is 3.16. The van der Waals surface area contributed by atoms with Crippen molar-refractivity contribution in [1.82, 2.24) is 9.97 Å². The van der Waals surface area contributed by atoms with E-state index in [1.54, 1.807) is 48.5 Å². The van der Waals surface area contributed by atoms with Crippen molar-refractivity contribution in [3.05, 3.63) is 69.7 Å². The molecule has 0 aliphatic rings. The van der Waals surface area contributed by atoms with E-state index in [1.807, 2.05) is 13.8 Å². The van der Waals surface area contributed by atoms with Gasteiger partial charge in [0.25, 0.3) is 5.91 Å². The first-order chi connectivity index (χ1) is 16.5. The minimum atomic E-state index is -0.714. The third-order valence-corrected chi connectivity index (χ3v) is 6.48. The van der Waals surface area contributed by atoms with Crippen LogP contribution < -0.4 is 21.1 Å². The number of benzene rings is 2. The van der Waals surface area contributed by atoms with Gasteiger partial charge < -0.3 is 21.1 Å². The SMILES string of the molecule is CC(=O)Nc1nc2ccc(Oc3ccc(Cl)c(NC(=O)c4cccc(C(C)(C)N)c4Cl)c3)nc2s1. The topological polar surface area (TPSA) is 119 Å². The number of hydrogen-bond donors (Lipinski definition) is 3. The van der Waals surface area contributed by atoms with Crippen molar-refractivity contribution in [2.45, 2.75) is 26.3 Å². The van der Waals surface area contributed by atoms with Gasteiger partial charge in [-0.1, -0.05) is 46.7 Å². The van der Waals surface area contributed by atoms with Crippen LogP contribution in [0.4, 0.5) is 10.8 Å². The molecule has 0 saturated carbocycles. The molecule has 0 unspecified atom stereocenters. The summed E-state index contributed by atoms with van der Waals surface area (Å²) in [5, 5.41) is 6.47. The van der Waals surface area contributed by atoms with E-state index in [-0.39, 0.29) is 16.5 Å². The maximum atomic E-state index is 13.0. The summed E-state index contributed by atoms with van der Waals surface area (Å²) in [5.41, 5.74) is 7.36. The number of thiazole rings is 1. The molecule has 4 N–H and O–H groups in total. The monoisotopic (exact) mass is 529 g/mol. The molecule has 0 saturated heterocycles. The Balaban J connectivity index is 1.56. The number of halogens is 2. The van der Waals surface area contributed by atoms with Crippen molar-refractivity contribution in [3.63, 3.8) is 0 Å². The van der Waals surface area contributed by atoms with Crippen LogP contribution in [0.2, 0.25) is 10.0 Å². The molecule has 2 heterocycles. The summed E-state index contributed by atoms with van der Waals surface area (Å²) in [6.07, 6.45) is 0. The summed E-state index contributed by atoms with van der Waals surface area (Å²) in [6, 6.07) is 13.4. The van der Waals surface area contributed by atoms with Gasteiger partial charge in [-0.15, -0.1) is 0 Å². The molecule has 0 atom stereocenters. The first-order valence-electron chi connectivity index (χ1n) is 10.4. The first-order valence-corrected chi connectivity index (χ1v) is 12.0. The van der Waals surface area contributed by atoms with Crippen molar-refractivity contribution >= 4 is 67.5 Å². The van der Waals surface area contributed by atoms with E-state index >= 15 is 0 Å². The number of fused-ring (bicyclic) bond motifs is 1. The molecular formula is C24H21Cl2N5O3S. The van der Waals surface area contributed by atoms with Crippen molar-refractivity contribution < 1.29 is 14.3 Å². The summed E-state index contributed by atoms with van der Waals surface area (Å²) >= 11 is 14.0. The van der Waals surface area contributed by atoms with Crippen LogP contribution in [0, 0.1) is 0 Å². The van der Waals surface area contributed by atoms with E-state index < -0.39 is 11.4 Å². The molecule has 11 heteroatoms. The highest BCUT2D eigenvalue weighted by Gasteiger charge is 2.22. The number of pyridine rings is 1. The highest BCUT2D eigenvalue weighted by Crippen LogP contribution is 2.33. The maximum Gasteiger partial charge on any atom is 0.257 e. The Morgan fingerprint density at radius 2 is 1.83 bits per heavy atom. The van der Waals surface area contributed by atoms with Gasteiger partial charge in [-0.05, 0) is 43.7 Å². The lowest BCUT2D eigenvalue weighted by Crippen LogP contribution is -2.29. The molecule has 35 heavy (non-hydrogen) atoms. The van der Waals surface area contributed by atoms with Crippen molar-refractivity contribution in [1.29, 1.82) is 0 Å².